The second-order valence-corrected chi connectivity index (χ2v) is 6.58. The van der Waals surface area contributed by atoms with E-state index in [2.05, 4.69) is 4.98 Å². The van der Waals surface area contributed by atoms with Gasteiger partial charge in [-0.3, -0.25) is 9.78 Å². The first-order valence-electron chi connectivity index (χ1n) is 8.90. The number of benzene rings is 1. The lowest BCUT2D eigenvalue weighted by atomic mass is 10.1. The molecular weight excluding hydrogens is 332 g/mol. The molecule has 0 N–H and O–H groups in total. The fourth-order valence-corrected chi connectivity index (χ4v) is 3.32. The SMILES string of the molecule is COc1cc(C(=O)N(C2CC2)C(C)c2ccccn2)cc2c1OCCO2. The van der Waals surface area contributed by atoms with Gasteiger partial charge in [-0.05, 0) is 44.0 Å². The summed E-state index contributed by atoms with van der Waals surface area (Å²) >= 11 is 0. The predicted molar refractivity (Wildman–Crippen MR) is 95.8 cm³/mol. The molecule has 1 fully saturated rings. The van der Waals surface area contributed by atoms with Gasteiger partial charge in [0.2, 0.25) is 5.75 Å². The number of ether oxygens (including phenoxy) is 3. The molecule has 1 amide bonds. The number of fused-ring (bicyclic) bond motifs is 1. The van der Waals surface area contributed by atoms with Crippen molar-refractivity contribution >= 4 is 5.91 Å². The first-order valence-corrected chi connectivity index (χ1v) is 8.90. The molecule has 0 radical (unpaired) electrons. The van der Waals surface area contributed by atoms with Crippen molar-refractivity contribution in [2.45, 2.75) is 31.8 Å². The molecule has 6 nitrogen and oxygen atoms in total. The Bertz CT molecular complexity index is 788. The molecule has 1 saturated carbocycles. The lowest BCUT2D eigenvalue weighted by Crippen LogP contribution is -2.36. The lowest BCUT2D eigenvalue weighted by molar-refractivity contribution is 0.0668. The van der Waals surface area contributed by atoms with Crippen molar-refractivity contribution in [3.8, 4) is 17.2 Å². The Balaban J connectivity index is 1.68. The molecule has 1 unspecified atom stereocenters. The van der Waals surface area contributed by atoms with E-state index >= 15 is 0 Å². The number of carbonyl (C=O) groups is 1. The van der Waals surface area contributed by atoms with Crippen LogP contribution in [0.15, 0.2) is 36.5 Å². The van der Waals surface area contributed by atoms with Gasteiger partial charge in [-0.2, -0.15) is 0 Å². The fraction of sp³-hybridized carbons (Fsp3) is 0.400. The van der Waals surface area contributed by atoms with E-state index in [1.807, 2.05) is 30.0 Å². The van der Waals surface area contributed by atoms with E-state index in [4.69, 9.17) is 14.2 Å². The molecule has 136 valence electrons. The summed E-state index contributed by atoms with van der Waals surface area (Å²) in [6, 6.07) is 9.41. The van der Waals surface area contributed by atoms with E-state index < -0.39 is 0 Å². The summed E-state index contributed by atoms with van der Waals surface area (Å²) < 4.78 is 16.7. The zero-order valence-corrected chi connectivity index (χ0v) is 15.0. The number of aromatic nitrogens is 1. The number of hydrogen-bond donors (Lipinski definition) is 0. The van der Waals surface area contributed by atoms with Crippen LogP contribution in [0, 0.1) is 0 Å². The molecule has 0 saturated heterocycles. The smallest absolute Gasteiger partial charge is 0.254 e. The Hall–Kier alpha value is -2.76. The van der Waals surface area contributed by atoms with E-state index in [9.17, 15) is 4.79 Å². The summed E-state index contributed by atoms with van der Waals surface area (Å²) in [6.07, 6.45) is 3.80. The van der Waals surface area contributed by atoms with Crippen molar-refractivity contribution in [2.24, 2.45) is 0 Å². The average molecular weight is 354 g/mol. The van der Waals surface area contributed by atoms with Gasteiger partial charge in [-0.1, -0.05) is 6.07 Å². The molecule has 0 bridgehead atoms. The zero-order valence-electron chi connectivity index (χ0n) is 15.0. The summed E-state index contributed by atoms with van der Waals surface area (Å²) in [7, 11) is 1.57. The highest BCUT2D eigenvalue weighted by Crippen LogP contribution is 2.42. The number of rotatable bonds is 5. The standard InChI is InChI=1S/C20H22N2O4/c1-13(16-5-3-4-8-21-16)22(15-6-7-15)20(23)14-11-17(24-2)19-18(12-14)25-9-10-26-19/h3-5,8,11-13,15H,6-7,9-10H2,1-2H3. The maximum absolute atomic E-state index is 13.3. The second-order valence-electron chi connectivity index (χ2n) is 6.58. The molecule has 4 rings (SSSR count). The highest BCUT2D eigenvalue weighted by molar-refractivity contribution is 5.96. The number of methoxy groups -OCH3 is 1. The summed E-state index contributed by atoms with van der Waals surface area (Å²) in [5, 5.41) is 0. The van der Waals surface area contributed by atoms with Crippen molar-refractivity contribution in [1.29, 1.82) is 0 Å². The normalized spacial score (nSPS) is 16.7. The third-order valence-corrected chi connectivity index (χ3v) is 4.78. The molecule has 1 aliphatic carbocycles. The first kappa shape index (κ1) is 16.7. The van der Waals surface area contributed by atoms with Crippen molar-refractivity contribution in [2.75, 3.05) is 20.3 Å². The number of hydrogen-bond acceptors (Lipinski definition) is 5. The quantitative estimate of drug-likeness (QED) is 0.825. The summed E-state index contributed by atoms with van der Waals surface area (Å²) in [4.78, 5) is 19.7. The van der Waals surface area contributed by atoms with Crippen LogP contribution in [-0.4, -0.2) is 42.2 Å². The van der Waals surface area contributed by atoms with Crippen LogP contribution in [0.1, 0.15) is 41.9 Å². The maximum atomic E-state index is 13.3. The van der Waals surface area contributed by atoms with Gasteiger partial charge >= 0.3 is 0 Å². The zero-order chi connectivity index (χ0) is 18.1. The highest BCUT2D eigenvalue weighted by atomic mass is 16.6. The topological polar surface area (TPSA) is 60.9 Å². The van der Waals surface area contributed by atoms with Gasteiger partial charge in [0.15, 0.2) is 11.5 Å². The Labute approximate surface area is 152 Å². The van der Waals surface area contributed by atoms with Crippen LogP contribution < -0.4 is 14.2 Å². The van der Waals surface area contributed by atoms with Gasteiger partial charge in [-0.25, -0.2) is 0 Å². The third kappa shape index (κ3) is 3.07. The Morgan fingerprint density at radius 1 is 1.27 bits per heavy atom. The van der Waals surface area contributed by atoms with Crippen molar-refractivity contribution in [3.63, 3.8) is 0 Å². The van der Waals surface area contributed by atoms with Gasteiger partial charge in [-0.15, -0.1) is 0 Å². The van der Waals surface area contributed by atoms with Crippen LogP contribution in [0.25, 0.3) is 0 Å². The van der Waals surface area contributed by atoms with Crippen LogP contribution in [0.5, 0.6) is 17.2 Å². The van der Waals surface area contributed by atoms with Crippen molar-refractivity contribution in [3.05, 3.63) is 47.8 Å². The molecule has 1 aromatic heterocycles. The predicted octanol–water partition coefficient (Wildman–Crippen LogP) is 3.23. The number of amides is 1. The molecule has 2 aliphatic rings. The minimum absolute atomic E-state index is 0.0408. The molecule has 2 heterocycles. The molecule has 1 aromatic carbocycles. The summed E-state index contributed by atoms with van der Waals surface area (Å²) in [6.45, 7) is 2.96. The fourth-order valence-electron chi connectivity index (χ4n) is 3.32. The Morgan fingerprint density at radius 3 is 2.77 bits per heavy atom. The van der Waals surface area contributed by atoms with Crippen LogP contribution in [0.2, 0.25) is 0 Å². The Morgan fingerprint density at radius 2 is 2.08 bits per heavy atom. The molecular formula is C20H22N2O4. The lowest BCUT2D eigenvalue weighted by Gasteiger charge is -2.30. The maximum Gasteiger partial charge on any atom is 0.254 e. The molecule has 26 heavy (non-hydrogen) atoms. The molecule has 0 spiro atoms. The number of carbonyl (C=O) groups excluding carboxylic acids is 1. The van der Waals surface area contributed by atoms with Crippen LogP contribution in [0.3, 0.4) is 0 Å². The minimum Gasteiger partial charge on any atom is -0.493 e. The minimum atomic E-state index is -0.101. The van der Waals surface area contributed by atoms with E-state index in [1.165, 1.54) is 0 Å². The van der Waals surface area contributed by atoms with Gasteiger partial charge in [0.05, 0.1) is 18.8 Å². The Kier molecular flexibility index (Phi) is 4.41. The third-order valence-electron chi connectivity index (χ3n) is 4.78. The summed E-state index contributed by atoms with van der Waals surface area (Å²) in [5.41, 5.74) is 1.43. The summed E-state index contributed by atoms with van der Waals surface area (Å²) in [5.74, 6) is 1.60. The van der Waals surface area contributed by atoms with Gasteiger partial charge in [0.25, 0.3) is 5.91 Å². The van der Waals surface area contributed by atoms with Gasteiger partial charge in [0, 0.05) is 17.8 Å². The van der Waals surface area contributed by atoms with E-state index in [1.54, 1.807) is 25.4 Å². The monoisotopic (exact) mass is 354 g/mol. The first-order chi connectivity index (χ1) is 12.7. The molecule has 1 atom stereocenters. The van der Waals surface area contributed by atoms with Crippen molar-refractivity contribution < 1.29 is 19.0 Å². The molecule has 2 aromatic rings. The number of nitrogens with zero attached hydrogens (tertiary/aromatic N) is 2. The number of pyridine rings is 1. The van der Waals surface area contributed by atoms with Crippen molar-refractivity contribution in [1.82, 2.24) is 9.88 Å². The largest absolute Gasteiger partial charge is 0.493 e. The highest BCUT2D eigenvalue weighted by Gasteiger charge is 2.37. The van der Waals surface area contributed by atoms with Crippen LogP contribution in [0.4, 0.5) is 0 Å². The second kappa shape index (κ2) is 6.86. The molecule has 6 heteroatoms. The van der Waals surface area contributed by atoms with Gasteiger partial charge in [0.1, 0.15) is 13.2 Å². The van der Waals surface area contributed by atoms with E-state index in [-0.39, 0.29) is 18.0 Å². The molecule has 1 aliphatic heterocycles. The average Bonchev–Trinajstić information content (AvgIpc) is 3.52. The van der Waals surface area contributed by atoms with E-state index in [0.29, 0.717) is 36.0 Å². The van der Waals surface area contributed by atoms with Gasteiger partial charge < -0.3 is 19.1 Å². The van der Waals surface area contributed by atoms with Crippen LogP contribution in [-0.2, 0) is 0 Å². The van der Waals surface area contributed by atoms with E-state index in [0.717, 1.165) is 18.5 Å². The van der Waals surface area contributed by atoms with Crippen LogP contribution >= 0.6 is 0 Å².